The number of esters is 1. The van der Waals surface area contributed by atoms with Gasteiger partial charge in [0.25, 0.3) is 5.91 Å². The van der Waals surface area contributed by atoms with Gasteiger partial charge in [0.05, 0.1) is 31.9 Å². The number of methoxy groups -OCH3 is 2. The van der Waals surface area contributed by atoms with Gasteiger partial charge in [0.2, 0.25) is 0 Å². The van der Waals surface area contributed by atoms with Crippen LogP contribution in [0, 0.1) is 13.8 Å². The lowest BCUT2D eigenvalue weighted by Gasteiger charge is -2.17. The van der Waals surface area contributed by atoms with E-state index in [4.69, 9.17) is 9.47 Å². The minimum Gasteiger partial charge on any atom is -0.497 e. The molecule has 2 aromatic heterocycles. The van der Waals surface area contributed by atoms with Crippen LogP contribution in [-0.2, 0) is 20.9 Å². The van der Waals surface area contributed by atoms with E-state index in [1.54, 1.807) is 37.4 Å². The highest BCUT2D eigenvalue weighted by Gasteiger charge is 2.37. The van der Waals surface area contributed by atoms with Crippen molar-refractivity contribution in [3.05, 3.63) is 94.2 Å². The number of hydrogen-bond acceptors (Lipinski definition) is 5. The molecule has 1 amide bonds. The van der Waals surface area contributed by atoms with Crippen molar-refractivity contribution in [2.45, 2.75) is 27.3 Å². The van der Waals surface area contributed by atoms with Crippen molar-refractivity contribution in [3.63, 3.8) is 0 Å². The molecule has 1 aromatic carbocycles. The number of pyridine rings is 1. The van der Waals surface area contributed by atoms with Gasteiger partial charge in [0.15, 0.2) is 0 Å². The Bertz CT molecular complexity index is 1300. The van der Waals surface area contributed by atoms with Crippen molar-refractivity contribution in [2.24, 2.45) is 0 Å². The summed E-state index contributed by atoms with van der Waals surface area (Å²) < 4.78 is 12.4. The predicted molar refractivity (Wildman–Crippen MR) is 129 cm³/mol. The second-order valence-corrected chi connectivity index (χ2v) is 8.12. The zero-order valence-corrected chi connectivity index (χ0v) is 20.0. The van der Waals surface area contributed by atoms with Crippen LogP contribution in [0.2, 0.25) is 0 Å². The number of rotatable bonds is 6. The molecule has 34 heavy (non-hydrogen) atoms. The Labute approximate surface area is 198 Å². The van der Waals surface area contributed by atoms with Gasteiger partial charge in [0, 0.05) is 35.2 Å². The van der Waals surface area contributed by atoms with Crippen LogP contribution in [0.25, 0.3) is 11.8 Å². The van der Waals surface area contributed by atoms with Crippen molar-refractivity contribution < 1.29 is 19.1 Å². The number of carbonyl (C=O) groups is 2. The lowest BCUT2D eigenvalue weighted by molar-refractivity contribution is -0.136. The Morgan fingerprint density at radius 1 is 1.09 bits per heavy atom. The first kappa shape index (κ1) is 23.0. The van der Waals surface area contributed by atoms with Crippen LogP contribution in [0.3, 0.4) is 0 Å². The Balaban J connectivity index is 1.76. The summed E-state index contributed by atoms with van der Waals surface area (Å²) >= 11 is 0. The molecule has 4 rings (SSSR count). The number of allylic oxidation sites excluding steroid dienone is 1. The van der Waals surface area contributed by atoms with Gasteiger partial charge in [-0.05, 0) is 74.4 Å². The van der Waals surface area contributed by atoms with Gasteiger partial charge < -0.3 is 18.9 Å². The molecule has 1 aliphatic heterocycles. The second kappa shape index (κ2) is 9.39. The fourth-order valence-electron chi connectivity index (χ4n) is 4.31. The summed E-state index contributed by atoms with van der Waals surface area (Å²) in [5.41, 5.74) is 5.84. The van der Waals surface area contributed by atoms with Gasteiger partial charge in [-0.1, -0.05) is 6.07 Å². The number of benzene rings is 1. The second-order valence-electron chi connectivity index (χ2n) is 8.12. The van der Waals surface area contributed by atoms with Gasteiger partial charge in [-0.2, -0.15) is 0 Å². The summed E-state index contributed by atoms with van der Waals surface area (Å²) in [7, 11) is 2.96. The smallest absolute Gasteiger partial charge is 0.340 e. The number of carbonyl (C=O) groups excluding carboxylic acids is 2. The van der Waals surface area contributed by atoms with Crippen molar-refractivity contribution in [3.8, 4) is 11.4 Å². The van der Waals surface area contributed by atoms with Crippen molar-refractivity contribution in [1.29, 1.82) is 0 Å². The molecule has 174 valence electrons. The number of amides is 1. The number of ether oxygens (including phenoxy) is 2. The molecule has 0 fully saturated rings. The first-order valence-corrected chi connectivity index (χ1v) is 10.9. The van der Waals surface area contributed by atoms with Crippen LogP contribution in [0.5, 0.6) is 5.75 Å². The SMILES string of the molecule is COC(=O)C1=C(C)N(Cc2cccnc2)C(=O)/C1=C\c1cc(C)n(-c2ccc(OC)cc2)c1C. The highest BCUT2D eigenvalue weighted by molar-refractivity contribution is 6.16. The van der Waals surface area contributed by atoms with E-state index < -0.39 is 5.97 Å². The molecule has 0 N–H and O–H groups in total. The maximum absolute atomic E-state index is 13.5. The monoisotopic (exact) mass is 457 g/mol. The normalized spacial score (nSPS) is 14.8. The van der Waals surface area contributed by atoms with E-state index in [0.29, 0.717) is 17.8 Å². The van der Waals surface area contributed by atoms with Crippen molar-refractivity contribution in [2.75, 3.05) is 14.2 Å². The zero-order valence-electron chi connectivity index (χ0n) is 20.0. The van der Waals surface area contributed by atoms with Gasteiger partial charge in [-0.25, -0.2) is 4.79 Å². The van der Waals surface area contributed by atoms with Crippen LogP contribution in [0.4, 0.5) is 0 Å². The van der Waals surface area contributed by atoms with Crippen molar-refractivity contribution >= 4 is 18.0 Å². The molecule has 0 unspecified atom stereocenters. The molecule has 0 aliphatic carbocycles. The Kier molecular flexibility index (Phi) is 6.36. The molecule has 0 bridgehead atoms. The molecule has 7 heteroatoms. The Morgan fingerprint density at radius 3 is 2.44 bits per heavy atom. The number of aryl methyl sites for hydroxylation is 1. The first-order valence-electron chi connectivity index (χ1n) is 10.9. The third-order valence-electron chi connectivity index (χ3n) is 6.07. The molecular formula is C27H27N3O4. The molecule has 7 nitrogen and oxygen atoms in total. The quantitative estimate of drug-likeness (QED) is 0.406. The molecule has 1 aliphatic rings. The molecule has 3 aromatic rings. The molecule has 0 saturated heterocycles. The highest BCUT2D eigenvalue weighted by Crippen LogP contribution is 2.34. The summed E-state index contributed by atoms with van der Waals surface area (Å²) in [6.07, 6.45) is 5.17. The van der Waals surface area contributed by atoms with Crippen LogP contribution >= 0.6 is 0 Å². The Morgan fingerprint density at radius 2 is 1.82 bits per heavy atom. The molecule has 0 saturated carbocycles. The maximum atomic E-state index is 13.5. The van der Waals surface area contributed by atoms with E-state index >= 15 is 0 Å². The van der Waals surface area contributed by atoms with E-state index in [1.807, 2.05) is 56.3 Å². The predicted octanol–water partition coefficient (Wildman–Crippen LogP) is 4.37. The van der Waals surface area contributed by atoms with E-state index in [1.165, 1.54) is 7.11 Å². The first-order chi connectivity index (χ1) is 16.3. The number of nitrogens with zero attached hydrogens (tertiary/aromatic N) is 3. The van der Waals surface area contributed by atoms with Crippen molar-refractivity contribution in [1.82, 2.24) is 14.5 Å². The fourth-order valence-corrected chi connectivity index (χ4v) is 4.31. The topological polar surface area (TPSA) is 73.7 Å². The van der Waals surface area contributed by atoms with Gasteiger partial charge >= 0.3 is 5.97 Å². The zero-order chi connectivity index (χ0) is 24.4. The van der Waals surface area contributed by atoms with E-state index in [0.717, 1.165) is 34.0 Å². The van der Waals surface area contributed by atoms with E-state index in [-0.39, 0.29) is 11.5 Å². The van der Waals surface area contributed by atoms with Gasteiger partial charge in [-0.15, -0.1) is 0 Å². The third-order valence-corrected chi connectivity index (χ3v) is 6.07. The summed E-state index contributed by atoms with van der Waals surface area (Å²) in [5.74, 6) is 0.00731. The van der Waals surface area contributed by atoms with Gasteiger partial charge in [0.1, 0.15) is 5.75 Å². The summed E-state index contributed by atoms with van der Waals surface area (Å²) in [6.45, 7) is 6.08. The average Bonchev–Trinajstić information content (AvgIpc) is 3.26. The summed E-state index contributed by atoms with van der Waals surface area (Å²) in [4.78, 5) is 31.9. The van der Waals surface area contributed by atoms with Crippen LogP contribution in [-0.4, -0.2) is 40.5 Å². The molecule has 0 radical (unpaired) electrons. The standard InChI is InChI=1S/C27H27N3O4/c1-17-13-21(18(2)30(17)22-8-10-23(33-4)11-9-22)14-24-25(27(32)34-5)19(3)29(26(24)31)16-20-7-6-12-28-15-20/h6-15H,16H2,1-5H3/b24-14-. The van der Waals surface area contributed by atoms with Crippen LogP contribution in [0.1, 0.15) is 29.4 Å². The highest BCUT2D eigenvalue weighted by atomic mass is 16.5. The van der Waals surface area contributed by atoms with E-state index in [2.05, 4.69) is 9.55 Å². The summed E-state index contributed by atoms with van der Waals surface area (Å²) in [6, 6.07) is 13.5. The lowest BCUT2D eigenvalue weighted by atomic mass is 10.0. The largest absolute Gasteiger partial charge is 0.497 e. The fraction of sp³-hybridized carbons (Fsp3) is 0.222. The molecule has 3 heterocycles. The third kappa shape index (κ3) is 4.12. The minimum atomic E-state index is -0.533. The lowest BCUT2D eigenvalue weighted by Crippen LogP contribution is -2.24. The number of aromatic nitrogens is 2. The summed E-state index contributed by atoms with van der Waals surface area (Å²) in [5, 5.41) is 0. The average molecular weight is 458 g/mol. The van der Waals surface area contributed by atoms with E-state index in [9.17, 15) is 9.59 Å². The van der Waals surface area contributed by atoms with Crippen LogP contribution < -0.4 is 4.74 Å². The number of hydrogen-bond donors (Lipinski definition) is 0. The molecule has 0 spiro atoms. The maximum Gasteiger partial charge on any atom is 0.340 e. The molecular weight excluding hydrogens is 430 g/mol. The van der Waals surface area contributed by atoms with Crippen LogP contribution in [0.15, 0.2) is 71.7 Å². The molecule has 0 atom stereocenters. The Hall–Kier alpha value is -4.13. The minimum absolute atomic E-state index is 0.240. The van der Waals surface area contributed by atoms with Gasteiger partial charge in [-0.3, -0.25) is 9.78 Å².